The van der Waals surface area contributed by atoms with E-state index < -0.39 is 6.10 Å². The highest BCUT2D eigenvalue weighted by molar-refractivity contribution is 7.09. The molecule has 0 unspecified atom stereocenters. The van der Waals surface area contributed by atoms with Crippen LogP contribution in [0.5, 0.6) is 5.75 Å². The zero-order chi connectivity index (χ0) is 11.4. The molecule has 1 aromatic heterocycles. The second kappa shape index (κ2) is 5.09. The van der Waals surface area contributed by atoms with Gasteiger partial charge in [-0.05, 0) is 24.6 Å². The van der Waals surface area contributed by atoms with E-state index in [2.05, 4.69) is 4.98 Å². The molecule has 16 heavy (non-hydrogen) atoms. The predicted molar refractivity (Wildman–Crippen MR) is 63.5 cm³/mol. The summed E-state index contributed by atoms with van der Waals surface area (Å²) in [5.41, 5.74) is 2.65. The second-order valence-corrected chi connectivity index (χ2v) is 4.48. The van der Waals surface area contributed by atoms with E-state index in [0.29, 0.717) is 6.61 Å². The third-order valence-electron chi connectivity index (χ3n) is 2.21. The maximum absolute atomic E-state index is 9.44. The minimum Gasteiger partial charge on any atom is -0.488 e. The average Bonchev–Trinajstić information content (AvgIpc) is 2.79. The van der Waals surface area contributed by atoms with Crippen LogP contribution in [0.15, 0.2) is 36.0 Å². The molecule has 1 N–H and O–H groups in total. The Morgan fingerprint density at radius 3 is 3.06 bits per heavy atom. The smallest absolute Gasteiger partial charge is 0.124 e. The van der Waals surface area contributed by atoms with E-state index in [9.17, 15) is 5.11 Å². The van der Waals surface area contributed by atoms with E-state index in [0.717, 1.165) is 16.2 Å². The van der Waals surface area contributed by atoms with Gasteiger partial charge < -0.3 is 9.84 Å². The number of hydrogen-bond acceptors (Lipinski definition) is 4. The molecular weight excluding hydrogens is 222 g/mol. The van der Waals surface area contributed by atoms with Gasteiger partial charge in [-0.1, -0.05) is 12.1 Å². The fourth-order valence-corrected chi connectivity index (χ4v) is 1.84. The van der Waals surface area contributed by atoms with Crippen molar-refractivity contribution < 1.29 is 9.84 Å². The molecule has 0 aliphatic carbocycles. The first-order valence-electron chi connectivity index (χ1n) is 5.04. The van der Waals surface area contributed by atoms with Gasteiger partial charge in [-0.15, -0.1) is 11.3 Å². The summed E-state index contributed by atoms with van der Waals surface area (Å²) in [6.45, 7) is 2.26. The molecule has 1 atom stereocenters. The first-order valence-corrected chi connectivity index (χ1v) is 5.92. The Balaban J connectivity index is 2.01. The lowest BCUT2D eigenvalue weighted by Crippen LogP contribution is -1.95. The number of benzene rings is 1. The SMILES string of the molecule is C[C@@H](O)c1cccc(OCc2cncs2)c1. The van der Waals surface area contributed by atoms with Gasteiger partial charge in [0.25, 0.3) is 0 Å². The summed E-state index contributed by atoms with van der Waals surface area (Å²) in [7, 11) is 0. The fourth-order valence-electron chi connectivity index (χ4n) is 1.33. The first kappa shape index (κ1) is 11.1. The maximum Gasteiger partial charge on any atom is 0.124 e. The van der Waals surface area contributed by atoms with E-state index in [-0.39, 0.29) is 0 Å². The van der Waals surface area contributed by atoms with E-state index in [1.807, 2.05) is 24.3 Å². The van der Waals surface area contributed by atoms with Crippen LogP contribution < -0.4 is 4.74 Å². The van der Waals surface area contributed by atoms with Gasteiger partial charge in [0.15, 0.2) is 0 Å². The fraction of sp³-hybridized carbons (Fsp3) is 0.250. The van der Waals surface area contributed by atoms with E-state index >= 15 is 0 Å². The van der Waals surface area contributed by atoms with Gasteiger partial charge in [-0.25, -0.2) is 0 Å². The number of thiazole rings is 1. The molecule has 0 bridgehead atoms. The Morgan fingerprint density at radius 1 is 1.50 bits per heavy atom. The summed E-state index contributed by atoms with van der Waals surface area (Å²) in [6.07, 6.45) is 1.33. The average molecular weight is 235 g/mol. The highest BCUT2D eigenvalue weighted by atomic mass is 32.1. The topological polar surface area (TPSA) is 42.4 Å². The highest BCUT2D eigenvalue weighted by Gasteiger charge is 2.02. The van der Waals surface area contributed by atoms with Gasteiger partial charge in [-0.3, -0.25) is 4.98 Å². The molecule has 4 heteroatoms. The van der Waals surface area contributed by atoms with Crippen molar-refractivity contribution in [2.75, 3.05) is 0 Å². The number of aromatic nitrogens is 1. The molecule has 0 aliphatic heterocycles. The summed E-state index contributed by atoms with van der Waals surface area (Å²) in [5, 5.41) is 9.44. The number of nitrogens with zero attached hydrogens (tertiary/aromatic N) is 1. The molecule has 3 nitrogen and oxygen atoms in total. The van der Waals surface area contributed by atoms with Crippen molar-refractivity contribution in [1.82, 2.24) is 4.98 Å². The number of aliphatic hydroxyl groups excluding tert-OH is 1. The lowest BCUT2D eigenvalue weighted by molar-refractivity contribution is 0.198. The number of aliphatic hydroxyl groups is 1. The van der Waals surface area contributed by atoms with Crippen LogP contribution in [0, 0.1) is 0 Å². The van der Waals surface area contributed by atoms with Gasteiger partial charge in [0.2, 0.25) is 0 Å². The summed E-state index contributed by atoms with van der Waals surface area (Å²) in [4.78, 5) is 5.06. The quantitative estimate of drug-likeness (QED) is 0.886. The summed E-state index contributed by atoms with van der Waals surface area (Å²) in [6, 6.07) is 7.49. The molecule has 1 aromatic carbocycles. The van der Waals surface area contributed by atoms with E-state index in [1.165, 1.54) is 0 Å². The van der Waals surface area contributed by atoms with Crippen LogP contribution in [-0.4, -0.2) is 10.1 Å². The molecule has 2 aromatic rings. The Bertz CT molecular complexity index is 440. The minimum atomic E-state index is -0.466. The standard InChI is InChI=1S/C12H13NO2S/c1-9(14)10-3-2-4-11(5-10)15-7-12-6-13-8-16-12/h2-6,8-9,14H,7H2,1H3/t9-/m1/s1. The van der Waals surface area contributed by atoms with Crippen LogP contribution in [0.3, 0.4) is 0 Å². The Labute approximate surface area is 98.4 Å². The van der Waals surface area contributed by atoms with Crippen LogP contribution in [0.25, 0.3) is 0 Å². The van der Waals surface area contributed by atoms with Crippen molar-refractivity contribution in [2.45, 2.75) is 19.6 Å². The molecule has 0 amide bonds. The molecule has 84 valence electrons. The van der Waals surface area contributed by atoms with Crippen LogP contribution in [0.2, 0.25) is 0 Å². The van der Waals surface area contributed by atoms with Gasteiger partial charge in [0.05, 0.1) is 16.5 Å². The molecule has 0 spiro atoms. The molecule has 0 saturated heterocycles. The summed E-state index contributed by atoms with van der Waals surface area (Å²) in [5.74, 6) is 0.770. The number of ether oxygens (including phenoxy) is 1. The third kappa shape index (κ3) is 2.81. The first-order chi connectivity index (χ1) is 7.75. The maximum atomic E-state index is 9.44. The lowest BCUT2D eigenvalue weighted by Gasteiger charge is -2.08. The van der Waals surface area contributed by atoms with Crippen molar-refractivity contribution in [2.24, 2.45) is 0 Å². The van der Waals surface area contributed by atoms with Crippen molar-refractivity contribution in [3.63, 3.8) is 0 Å². The van der Waals surface area contributed by atoms with Crippen LogP contribution >= 0.6 is 11.3 Å². The number of rotatable bonds is 4. The summed E-state index contributed by atoms with van der Waals surface area (Å²) >= 11 is 1.57. The van der Waals surface area contributed by atoms with Crippen molar-refractivity contribution in [3.8, 4) is 5.75 Å². The molecule has 0 aliphatic rings. The molecule has 0 fully saturated rings. The van der Waals surface area contributed by atoms with Gasteiger partial charge >= 0.3 is 0 Å². The van der Waals surface area contributed by atoms with Crippen LogP contribution in [-0.2, 0) is 6.61 Å². The Kier molecular flexibility index (Phi) is 3.54. The Hall–Kier alpha value is -1.39. The predicted octanol–water partition coefficient (Wildman–Crippen LogP) is 2.78. The molecular formula is C12H13NO2S. The van der Waals surface area contributed by atoms with Crippen molar-refractivity contribution >= 4 is 11.3 Å². The van der Waals surface area contributed by atoms with Crippen molar-refractivity contribution in [1.29, 1.82) is 0 Å². The second-order valence-electron chi connectivity index (χ2n) is 3.50. The number of hydrogen-bond donors (Lipinski definition) is 1. The van der Waals surface area contributed by atoms with E-state index in [4.69, 9.17) is 4.74 Å². The molecule has 2 rings (SSSR count). The molecule has 0 saturated carbocycles. The van der Waals surface area contributed by atoms with E-state index in [1.54, 1.807) is 30.0 Å². The third-order valence-corrected chi connectivity index (χ3v) is 2.96. The monoisotopic (exact) mass is 235 g/mol. The largest absolute Gasteiger partial charge is 0.488 e. The highest BCUT2D eigenvalue weighted by Crippen LogP contribution is 2.20. The molecule has 0 radical (unpaired) electrons. The van der Waals surface area contributed by atoms with Gasteiger partial charge in [-0.2, -0.15) is 0 Å². The zero-order valence-corrected chi connectivity index (χ0v) is 9.78. The Morgan fingerprint density at radius 2 is 2.38 bits per heavy atom. The normalized spacial score (nSPS) is 12.4. The lowest BCUT2D eigenvalue weighted by atomic mass is 10.1. The minimum absolute atomic E-state index is 0.466. The molecule has 1 heterocycles. The summed E-state index contributed by atoms with van der Waals surface area (Å²) < 4.78 is 5.60. The zero-order valence-electron chi connectivity index (χ0n) is 8.96. The van der Waals surface area contributed by atoms with Gasteiger partial charge in [0.1, 0.15) is 12.4 Å². The van der Waals surface area contributed by atoms with Crippen LogP contribution in [0.4, 0.5) is 0 Å². The van der Waals surface area contributed by atoms with Crippen molar-refractivity contribution in [3.05, 3.63) is 46.4 Å². The van der Waals surface area contributed by atoms with Crippen LogP contribution in [0.1, 0.15) is 23.5 Å². The van der Waals surface area contributed by atoms with Gasteiger partial charge in [0, 0.05) is 6.20 Å².